The van der Waals surface area contributed by atoms with Gasteiger partial charge in [0.15, 0.2) is 5.78 Å². The van der Waals surface area contributed by atoms with E-state index < -0.39 is 0 Å². The lowest BCUT2D eigenvalue weighted by Gasteiger charge is -2.19. The van der Waals surface area contributed by atoms with E-state index in [9.17, 15) is 4.79 Å². The highest BCUT2D eigenvalue weighted by atomic mass is 79.9. The second-order valence-electron chi connectivity index (χ2n) is 5.12. The maximum atomic E-state index is 12.7. The van der Waals surface area contributed by atoms with Gasteiger partial charge >= 0.3 is 0 Å². The van der Waals surface area contributed by atoms with Crippen molar-refractivity contribution in [3.8, 4) is 11.5 Å². The lowest BCUT2D eigenvalue weighted by molar-refractivity contribution is 0.0991. The van der Waals surface area contributed by atoms with E-state index in [1.54, 1.807) is 38.5 Å². The molecule has 0 heterocycles. The molecule has 0 bridgehead atoms. The molecule has 122 valence electrons. The first-order chi connectivity index (χ1) is 11.0. The molecule has 0 amide bonds. The fourth-order valence-corrected chi connectivity index (χ4v) is 3.59. The first-order valence-corrected chi connectivity index (χ1v) is 8.92. The second-order valence-corrected chi connectivity index (χ2v) is 7.09. The van der Waals surface area contributed by atoms with Gasteiger partial charge in [-0.05, 0) is 54.4 Å². The number of hydrogen-bond donors (Lipinski definition) is 0. The van der Waals surface area contributed by atoms with Gasteiger partial charge < -0.3 is 9.47 Å². The Morgan fingerprint density at radius 3 is 2.04 bits per heavy atom. The van der Waals surface area contributed by atoms with Gasteiger partial charge in [-0.15, -0.1) is 0 Å². The predicted octanol–water partition coefficient (Wildman–Crippen LogP) is 5.09. The zero-order valence-electron chi connectivity index (χ0n) is 13.2. The Hall–Kier alpha value is -1.33. The SMILES string of the molecule is COc1ccc(C(=O)[C@@H](Br)[C@H](Br)c2ccc(OC)cc2C)cc1. The Labute approximate surface area is 153 Å². The van der Waals surface area contributed by atoms with Gasteiger partial charge in [-0.1, -0.05) is 37.9 Å². The summed E-state index contributed by atoms with van der Waals surface area (Å²) in [5.74, 6) is 1.55. The Kier molecular flexibility index (Phi) is 6.25. The van der Waals surface area contributed by atoms with Crippen molar-refractivity contribution in [1.29, 1.82) is 0 Å². The molecule has 3 nitrogen and oxygen atoms in total. The van der Waals surface area contributed by atoms with Gasteiger partial charge in [0.05, 0.1) is 23.9 Å². The topological polar surface area (TPSA) is 35.5 Å². The molecule has 2 rings (SSSR count). The van der Waals surface area contributed by atoms with E-state index in [4.69, 9.17) is 9.47 Å². The molecule has 0 saturated heterocycles. The van der Waals surface area contributed by atoms with Crippen molar-refractivity contribution in [2.75, 3.05) is 14.2 Å². The fraction of sp³-hybridized carbons (Fsp3) is 0.278. The van der Waals surface area contributed by atoms with Crippen LogP contribution in [-0.2, 0) is 0 Å². The number of benzene rings is 2. The van der Waals surface area contributed by atoms with Gasteiger partial charge in [0, 0.05) is 5.56 Å². The predicted molar refractivity (Wildman–Crippen MR) is 99.4 cm³/mol. The van der Waals surface area contributed by atoms with Crippen LogP contribution >= 0.6 is 31.9 Å². The van der Waals surface area contributed by atoms with Crippen LogP contribution in [0.1, 0.15) is 26.3 Å². The van der Waals surface area contributed by atoms with E-state index in [0.29, 0.717) is 5.56 Å². The third-order valence-electron chi connectivity index (χ3n) is 3.66. The molecule has 2 aromatic rings. The summed E-state index contributed by atoms with van der Waals surface area (Å²) in [6.07, 6.45) is 0. The van der Waals surface area contributed by atoms with Crippen LogP contribution in [0.25, 0.3) is 0 Å². The van der Waals surface area contributed by atoms with Crippen molar-refractivity contribution < 1.29 is 14.3 Å². The number of methoxy groups -OCH3 is 2. The molecule has 2 atom stereocenters. The van der Waals surface area contributed by atoms with Crippen LogP contribution in [0.3, 0.4) is 0 Å². The summed E-state index contributed by atoms with van der Waals surface area (Å²) in [5, 5.41) is 0. The molecule has 0 aliphatic carbocycles. The van der Waals surface area contributed by atoms with E-state index >= 15 is 0 Å². The molecule has 0 saturated carbocycles. The van der Waals surface area contributed by atoms with Gasteiger partial charge in [-0.25, -0.2) is 0 Å². The summed E-state index contributed by atoms with van der Waals surface area (Å²) in [5.41, 5.74) is 2.76. The Morgan fingerprint density at radius 2 is 1.52 bits per heavy atom. The zero-order valence-corrected chi connectivity index (χ0v) is 16.3. The van der Waals surface area contributed by atoms with E-state index in [1.807, 2.05) is 25.1 Å². The number of ether oxygens (including phenoxy) is 2. The smallest absolute Gasteiger partial charge is 0.177 e. The first kappa shape index (κ1) is 18.0. The number of rotatable bonds is 6. The number of alkyl halides is 2. The number of Topliss-reactive ketones (excluding diaryl/α,β-unsaturated/α-hetero) is 1. The Bertz CT molecular complexity index is 683. The monoisotopic (exact) mass is 440 g/mol. The highest BCUT2D eigenvalue weighted by molar-refractivity contribution is 9.12. The molecule has 0 aromatic heterocycles. The Balaban J connectivity index is 2.20. The lowest BCUT2D eigenvalue weighted by Crippen LogP contribution is -2.19. The molecule has 0 aliphatic heterocycles. The second kappa shape index (κ2) is 7.97. The third-order valence-corrected chi connectivity index (χ3v) is 6.33. The molecule has 0 aliphatic rings. The number of aryl methyl sites for hydroxylation is 1. The van der Waals surface area contributed by atoms with E-state index in [-0.39, 0.29) is 15.4 Å². The van der Waals surface area contributed by atoms with Crippen LogP contribution in [-0.4, -0.2) is 24.8 Å². The van der Waals surface area contributed by atoms with Crippen molar-refractivity contribution in [1.82, 2.24) is 0 Å². The minimum atomic E-state index is -0.372. The average Bonchev–Trinajstić information content (AvgIpc) is 2.59. The molecular formula is C18H18Br2O3. The van der Waals surface area contributed by atoms with Crippen molar-refractivity contribution in [3.63, 3.8) is 0 Å². The molecule has 0 unspecified atom stereocenters. The maximum absolute atomic E-state index is 12.7. The molecule has 0 N–H and O–H groups in total. The van der Waals surface area contributed by atoms with Gasteiger partial charge in [-0.2, -0.15) is 0 Å². The quantitative estimate of drug-likeness (QED) is 0.462. The normalized spacial score (nSPS) is 13.3. The summed E-state index contributed by atoms with van der Waals surface area (Å²) in [4.78, 5) is 12.1. The third kappa shape index (κ3) is 4.15. The number of carbonyl (C=O) groups is 1. The van der Waals surface area contributed by atoms with Gasteiger partial charge in [-0.3, -0.25) is 4.79 Å². The van der Waals surface area contributed by atoms with Gasteiger partial charge in [0.2, 0.25) is 0 Å². The summed E-state index contributed by atoms with van der Waals surface area (Å²) in [7, 11) is 3.24. The molecule has 23 heavy (non-hydrogen) atoms. The first-order valence-electron chi connectivity index (χ1n) is 7.09. The average molecular weight is 442 g/mol. The zero-order chi connectivity index (χ0) is 17.0. The Morgan fingerprint density at radius 1 is 0.957 bits per heavy atom. The van der Waals surface area contributed by atoms with Crippen molar-refractivity contribution in [3.05, 3.63) is 59.2 Å². The minimum Gasteiger partial charge on any atom is -0.497 e. The van der Waals surface area contributed by atoms with Crippen LogP contribution < -0.4 is 9.47 Å². The molecule has 5 heteroatoms. The van der Waals surface area contributed by atoms with Crippen molar-refractivity contribution in [2.45, 2.75) is 16.6 Å². The van der Waals surface area contributed by atoms with E-state index in [0.717, 1.165) is 22.6 Å². The van der Waals surface area contributed by atoms with E-state index in [2.05, 4.69) is 31.9 Å². The number of carbonyl (C=O) groups excluding carboxylic acids is 1. The molecule has 2 aromatic carbocycles. The molecule has 0 radical (unpaired) electrons. The number of hydrogen-bond acceptors (Lipinski definition) is 3. The molecule has 0 spiro atoms. The highest BCUT2D eigenvalue weighted by Crippen LogP contribution is 2.36. The fourth-order valence-electron chi connectivity index (χ4n) is 2.29. The van der Waals surface area contributed by atoms with Gasteiger partial charge in [0.25, 0.3) is 0 Å². The largest absolute Gasteiger partial charge is 0.497 e. The van der Waals surface area contributed by atoms with Crippen molar-refractivity contribution in [2.24, 2.45) is 0 Å². The summed E-state index contributed by atoms with van der Waals surface area (Å²) < 4.78 is 10.3. The summed E-state index contributed by atoms with van der Waals surface area (Å²) in [6.45, 7) is 2.00. The van der Waals surface area contributed by atoms with Crippen LogP contribution in [0.15, 0.2) is 42.5 Å². The summed E-state index contributed by atoms with van der Waals surface area (Å²) in [6, 6.07) is 13.0. The number of halogens is 2. The van der Waals surface area contributed by atoms with Crippen molar-refractivity contribution >= 4 is 37.6 Å². The van der Waals surface area contributed by atoms with Crippen LogP contribution in [0.4, 0.5) is 0 Å². The molecular weight excluding hydrogens is 424 g/mol. The maximum Gasteiger partial charge on any atom is 0.177 e. The summed E-state index contributed by atoms with van der Waals surface area (Å²) >= 11 is 7.17. The van der Waals surface area contributed by atoms with Crippen LogP contribution in [0.2, 0.25) is 0 Å². The highest BCUT2D eigenvalue weighted by Gasteiger charge is 2.27. The lowest BCUT2D eigenvalue weighted by atomic mass is 9.99. The van der Waals surface area contributed by atoms with E-state index in [1.165, 1.54) is 0 Å². The van der Waals surface area contributed by atoms with Crippen LogP contribution in [0.5, 0.6) is 11.5 Å². The minimum absolute atomic E-state index is 0.0183. The van der Waals surface area contributed by atoms with Gasteiger partial charge in [0.1, 0.15) is 11.5 Å². The standard InChI is InChI=1S/C18H18Br2O3/c1-11-10-14(23-3)8-9-15(11)16(19)17(20)18(21)12-4-6-13(22-2)7-5-12/h4-10,16-17H,1-3H3/t16-,17+/m1/s1. The van der Waals surface area contributed by atoms with Crippen LogP contribution in [0, 0.1) is 6.92 Å². The molecule has 0 fully saturated rings. The number of ketones is 1.